The molecule has 1 aromatic heterocycles. The van der Waals surface area contributed by atoms with Crippen LogP contribution in [-0.2, 0) is 6.54 Å². The molecule has 0 saturated carbocycles. The van der Waals surface area contributed by atoms with E-state index in [0.29, 0.717) is 5.84 Å². The molecule has 0 fully saturated rings. The zero-order valence-electron chi connectivity index (χ0n) is 13.1. The second-order valence-corrected chi connectivity index (χ2v) is 6.80. The number of nitrogens with zero attached hydrogens (tertiary/aromatic N) is 1. The summed E-state index contributed by atoms with van der Waals surface area (Å²) < 4.78 is 0. The Balaban J connectivity index is 2.14. The van der Waals surface area contributed by atoms with E-state index in [1.54, 1.807) is 23.1 Å². The Labute approximate surface area is 141 Å². The molecule has 0 aliphatic heterocycles. The minimum atomic E-state index is 0.580. The van der Waals surface area contributed by atoms with E-state index in [2.05, 4.69) is 35.6 Å². The molecule has 1 aromatic carbocycles. The number of thiophene rings is 1. The number of nitrogens with two attached hydrogens (primary N) is 1. The van der Waals surface area contributed by atoms with Crippen LogP contribution in [0.3, 0.4) is 0 Å². The van der Waals surface area contributed by atoms with Crippen LogP contribution in [0.1, 0.15) is 30.2 Å². The van der Waals surface area contributed by atoms with Gasteiger partial charge in [-0.25, -0.2) is 4.99 Å². The lowest BCUT2D eigenvalue weighted by Crippen LogP contribution is -2.15. The highest BCUT2D eigenvalue weighted by atomic mass is 32.2. The summed E-state index contributed by atoms with van der Waals surface area (Å²) in [5.74, 6) is 0.580. The summed E-state index contributed by atoms with van der Waals surface area (Å²) >= 11 is 3.38. The first-order chi connectivity index (χ1) is 10.7. The van der Waals surface area contributed by atoms with Gasteiger partial charge >= 0.3 is 0 Å². The van der Waals surface area contributed by atoms with Gasteiger partial charge in [0, 0.05) is 11.4 Å². The van der Waals surface area contributed by atoms with Gasteiger partial charge in [0.25, 0.3) is 0 Å². The van der Waals surface area contributed by atoms with Crippen molar-refractivity contribution in [1.82, 2.24) is 5.32 Å². The number of nitrogens with one attached hydrogen (secondary N) is 1. The van der Waals surface area contributed by atoms with Gasteiger partial charge in [0.2, 0.25) is 0 Å². The third kappa shape index (κ3) is 4.87. The number of amidine groups is 1. The van der Waals surface area contributed by atoms with Crippen LogP contribution in [0, 0.1) is 0 Å². The molecular weight excluding hydrogens is 310 g/mol. The Morgan fingerprint density at radius 1 is 1.36 bits per heavy atom. The summed E-state index contributed by atoms with van der Waals surface area (Å²) in [5.41, 5.74) is 8.27. The summed E-state index contributed by atoms with van der Waals surface area (Å²) in [6, 6.07) is 10.3. The first-order valence-corrected chi connectivity index (χ1v) is 9.60. The number of thioether (sulfide) groups is 1. The van der Waals surface area contributed by atoms with Gasteiger partial charge in [-0.1, -0.05) is 19.4 Å². The lowest BCUT2D eigenvalue weighted by atomic mass is 10.2. The SMILES string of the molecule is CCCCNCc1cc(N=C(N)c2cccs2)ccc1SC. The largest absolute Gasteiger partial charge is 0.383 e. The van der Waals surface area contributed by atoms with Crippen molar-refractivity contribution in [3.05, 3.63) is 46.2 Å². The Morgan fingerprint density at radius 3 is 2.91 bits per heavy atom. The second-order valence-electron chi connectivity index (χ2n) is 5.00. The minimum Gasteiger partial charge on any atom is -0.383 e. The van der Waals surface area contributed by atoms with Gasteiger partial charge in [-0.2, -0.15) is 0 Å². The number of benzene rings is 1. The van der Waals surface area contributed by atoms with Crippen molar-refractivity contribution < 1.29 is 0 Å². The van der Waals surface area contributed by atoms with E-state index < -0.39 is 0 Å². The summed E-state index contributed by atoms with van der Waals surface area (Å²) in [4.78, 5) is 6.85. The van der Waals surface area contributed by atoms with Gasteiger partial charge in [0.15, 0.2) is 0 Å². The lowest BCUT2D eigenvalue weighted by molar-refractivity contribution is 0.637. The summed E-state index contributed by atoms with van der Waals surface area (Å²) in [6.07, 6.45) is 4.52. The molecule has 3 N–H and O–H groups in total. The standard InChI is InChI=1S/C17H23N3S2/c1-3-4-9-19-12-13-11-14(7-8-15(13)21-2)20-17(18)16-6-5-10-22-16/h5-8,10-11,19H,3-4,9,12H2,1-2H3,(H2,18,20). The average molecular weight is 334 g/mol. The van der Waals surface area contributed by atoms with Crippen LogP contribution >= 0.6 is 23.1 Å². The molecule has 0 spiro atoms. The van der Waals surface area contributed by atoms with E-state index in [0.717, 1.165) is 23.7 Å². The van der Waals surface area contributed by atoms with Crippen LogP contribution in [0.25, 0.3) is 0 Å². The van der Waals surface area contributed by atoms with E-state index >= 15 is 0 Å². The maximum Gasteiger partial charge on any atom is 0.141 e. The molecule has 1 heterocycles. The van der Waals surface area contributed by atoms with E-state index in [-0.39, 0.29) is 0 Å². The van der Waals surface area contributed by atoms with Crippen LogP contribution in [-0.4, -0.2) is 18.6 Å². The van der Waals surface area contributed by atoms with E-state index in [9.17, 15) is 0 Å². The molecule has 3 nitrogen and oxygen atoms in total. The monoisotopic (exact) mass is 333 g/mol. The zero-order chi connectivity index (χ0) is 15.8. The first-order valence-electron chi connectivity index (χ1n) is 7.50. The number of aliphatic imine (C=N–C) groups is 1. The second kappa shape index (κ2) is 8.98. The van der Waals surface area contributed by atoms with Crippen LogP contribution in [0.2, 0.25) is 0 Å². The van der Waals surface area contributed by atoms with Gasteiger partial charge in [-0.05, 0) is 54.4 Å². The molecule has 0 saturated heterocycles. The fourth-order valence-electron chi connectivity index (χ4n) is 2.12. The molecule has 22 heavy (non-hydrogen) atoms. The predicted octanol–water partition coefficient (Wildman–Crippen LogP) is 4.40. The normalized spacial score (nSPS) is 11.8. The summed E-state index contributed by atoms with van der Waals surface area (Å²) in [6.45, 7) is 4.13. The van der Waals surface area contributed by atoms with Gasteiger partial charge in [-0.15, -0.1) is 23.1 Å². The molecule has 0 bridgehead atoms. The zero-order valence-corrected chi connectivity index (χ0v) is 14.8. The third-order valence-corrected chi connectivity index (χ3v) is 5.04. The lowest BCUT2D eigenvalue weighted by Gasteiger charge is -2.10. The molecule has 0 atom stereocenters. The van der Waals surface area contributed by atoms with E-state index in [1.807, 2.05) is 23.6 Å². The molecule has 2 rings (SSSR count). The number of hydrogen-bond acceptors (Lipinski definition) is 4. The predicted molar refractivity (Wildman–Crippen MR) is 99.5 cm³/mol. The highest BCUT2D eigenvalue weighted by molar-refractivity contribution is 7.98. The Kier molecular flexibility index (Phi) is 6.96. The van der Waals surface area contributed by atoms with Crippen molar-refractivity contribution in [1.29, 1.82) is 0 Å². The minimum absolute atomic E-state index is 0.580. The average Bonchev–Trinajstić information content (AvgIpc) is 3.06. The van der Waals surface area contributed by atoms with E-state index in [1.165, 1.54) is 23.3 Å². The maximum atomic E-state index is 6.07. The molecule has 118 valence electrons. The van der Waals surface area contributed by atoms with Crippen molar-refractivity contribution in [3.63, 3.8) is 0 Å². The molecule has 0 unspecified atom stereocenters. The number of unbranched alkanes of at least 4 members (excludes halogenated alkanes) is 1. The fourth-order valence-corrected chi connectivity index (χ4v) is 3.34. The third-order valence-electron chi connectivity index (χ3n) is 3.31. The van der Waals surface area contributed by atoms with Gasteiger partial charge in [-0.3, -0.25) is 0 Å². The number of hydrogen-bond donors (Lipinski definition) is 2. The van der Waals surface area contributed by atoms with E-state index in [4.69, 9.17) is 5.73 Å². The van der Waals surface area contributed by atoms with Gasteiger partial charge in [0.05, 0.1) is 10.6 Å². The maximum absolute atomic E-state index is 6.07. The number of rotatable bonds is 8. The molecule has 0 amide bonds. The summed E-state index contributed by atoms with van der Waals surface area (Å²) in [7, 11) is 0. The molecule has 2 aromatic rings. The molecule has 5 heteroatoms. The van der Waals surface area contributed by atoms with Gasteiger partial charge in [0.1, 0.15) is 5.84 Å². The molecule has 0 aliphatic carbocycles. The topological polar surface area (TPSA) is 50.4 Å². The van der Waals surface area contributed by atoms with Crippen molar-refractivity contribution >= 4 is 34.6 Å². The van der Waals surface area contributed by atoms with Crippen LogP contribution in [0.5, 0.6) is 0 Å². The fraction of sp³-hybridized carbons (Fsp3) is 0.353. The van der Waals surface area contributed by atoms with Crippen molar-refractivity contribution in [2.24, 2.45) is 10.7 Å². The summed E-state index contributed by atoms with van der Waals surface area (Å²) in [5, 5.41) is 5.51. The van der Waals surface area contributed by atoms with Crippen LogP contribution < -0.4 is 11.1 Å². The molecule has 0 aliphatic rings. The molecule has 0 radical (unpaired) electrons. The Hall–Kier alpha value is -1.30. The van der Waals surface area contributed by atoms with Crippen LogP contribution in [0.15, 0.2) is 45.6 Å². The molecular formula is C17H23N3S2. The highest BCUT2D eigenvalue weighted by Gasteiger charge is 2.05. The van der Waals surface area contributed by atoms with Crippen LogP contribution in [0.4, 0.5) is 5.69 Å². The smallest absolute Gasteiger partial charge is 0.141 e. The van der Waals surface area contributed by atoms with Gasteiger partial charge < -0.3 is 11.1 Å². The Bertz CT molecular complexity index is 606. The van der Waals surface area contributed by atoms with Crippen molar-refractivity contribution in [2.45, 2.75) is 31.2 Å². The first kappa shape index (κ1) is 17.1. The quantitative estimate of drug-likeness (QED) is 0.326. The van der Waals surface area contributed by atoms with Crippen molar-refractivity contribution in [2.75, 3.05) is 12.8 Å². The highest BCUT2D eigenvalue weighted by Crippen LogP contribution is 2.26. The van der Waals surface area contributed by atoms with Crippen molar-refractivity contribution in [3.8, 4) is 0 Å². The Morgan fingerprint density at radius 2 is 2.23 bits per heavy atom.